The Bertz CT molecular complexity index is 319. The summed E-state index contributed by atoms with van der Waals surface area (Å²) < 4.78 is 4.74. The average Bonchev–Trinajstić information content (AvgIpc) is 2.91. The van der Waals surface area contributed by atoms with E-state index in [-0.39, 0.29) is 6.61 Å². The van der Waals surface area contributed by atoms with Crippen molar-refractivity contribution in [2.45, 2.75) is 37.8 Å². The van der Waals surface area contributed by atoms with E-state index < -0.39 is 18.0 Å². The number of carboxylic acid groups (broad SMARTS) is 1. The summed E-state index contributed by atoms with van der Waals surface area (Å²) in [4.78, 5) is 24.7. The highest BCUT2D eigenvalue weighted by atomic mass is 16.5. The Balaban J connectivity index is 2.19. The minimum absolute atomic E-state index is 0.0509. The summed E-state index contributed by atoms with van der Waals surface area (Å²) in [7, 11) is 3.45. The lowest BCUT2D eigenvalue weighted by atomic mass is 10.2. The lowest BCUT2D eigenvalue weighted by Crippen LogP contribution is -2.49. The van der Waals surface area contributed by atoms with Crippen LogP contribution in [0.5, 0.6) is 0 Å². The van der Waals surface area contributed by atoms with Gasteiger partial charge in [0.25, 0.3) is 0 Å². The second-order valence-corrected chi connectivity index (χ2v) is 5.17. The summed E-state index contributed by atoms with van der Waals surface area (Å²) in [6.45, 7) is 1.21. The maximum absolute atomic E-state index is 11.6. The average molecular weight is 287 g/mol. The van der Waals surface area contributed by atoms with Crippen LogP contribution in [0.25, 0.3) is 0 Å². The van der Waals surface area contributed by atoms with Crippen molar-refractivity contribution < 1.29 is 19.4 Å². The molecule has 20 heavy (non-hydrogen) atoms. The highest BCUT2D eigenvalue weighted by Crippen LogP contribution is 2.21. The first kappa shape index (κ1) is 16.7. The number of likely N-dealkylation sites (N-methyl/N-ethyl adjacent to an activating group) is 1. The number of methoxy groups -OCH3 is 1. The zero-order chi connectivity index (χ0) is 15.0. The van der Waals surface area contributed by atoms with Crippen molar-refractivity contribution in [2.75, 3.05) is 33.9 Å². The molecule has 1 unspecified atom stereocenters. The second-order valence-electron chi connectivity index (χ2n) is 5.17. The van der Waals surface area contributed by atoms with E-state index in [1.54, 1.807) is 0 Å². The van der Waals surface area contributed by atoms with E-state index in [1.807, 2.05) is 0 Å². The zero-order valence-corrected chi connectivity index (χ0v) is 12.2. The quantitative estimate of drug-likeness (QED) is 0.596. The van der Waals surface area contributed by atoms with Crippen LogP contribution in [0.15, 0.2) is 0 Å². The molecule has 0 heterocycles. The summed E-state index contributed by atoms with van der Waals surface area (Å²) in [5.41, 5.74) is 0. The van der Waals surface area contributed by atoms with E-state index in [0.29, 0.717) is 12.6 Å². The Morgan fingerprint density at radius 2 is 2.05 bits per heavy atom. The third-order valence-electron chi connectivity index (χ3n) is 3.63. The summed E-state index contributed by atoms with van der Waals surface area (Å²) in [5.74, 6) is -1.11. The number of hydrogen-bond donors (Lipinski definition) is 3. The molecule has 0 spiro atoms. The van der Waals surface area contributed by atoms with Gasteiger partial charge in [-0.2, -0.15) is 0 Å². The highest BCUT2D eigenvalue weighted by Gasteiger charge is 2.21. The lowest BCUT2D eigenvalue weighted by molar-refractivity contribution is -0.140. The third kappa shape index (κ3) is 5.75. The summed E-state index contributed by atoms with van der Waals surface area (Å²) in [6, 6.07) is -0.887. The normalized spacial score (nSPS) is 17.1. The van der Waals surface area contributed by atoms with Crippen molar-refractivity contribution in [3.63, 3.8) is 0 Å². The van der Waals surface area contributed by atoms with Gasteiger partial charge in [-0.25, -0.2) is 9.59 Å². The molecule has 7 heteroatoms. The van der Waals surface area contributed by atoms with Crippen molar-refractivity contribution in [3.05, 3.63) is 0 Å². The first-order chi connectivity index (χ1) is 9.54. The minimum atomic E-state index is -1.11. The predicted molar refractivity (Wildman–Crippen MR) is 74.7 cm³/mol. The number of hydrogen-bond acceptors (Lipinski definition) is 4. The van der Waals surface area contributed by atoms with Crippen molar-refractivity contribution in [3.8, 4) is 0 Å². The molecule has 1 aliphatic carbocycles. The van der Waals surface area contributed by atoms with Crippen molar-refractivity contribution in [1.29, 1.82) is 0 Å². The molecule has 7 nitrogen and oxygen atoms in total. The number of nitrogens with zero attached hydrogens (tertiary/aromatic N) is 1. The maximum Gasteiger partial charge on any atom is 0.328 e. The van der Waals surface area contributed by atoms with Crippen molar-refractivity contribution in [1.82, 2.24) is 15.5 Å². The van der Waals surface area contributed by atoms with Gasteiger partial charge in [-0.1, -0.05) is 12.8 Å². The van der Waals surface area contributed by atoms with Gasteiger partial charge in [-0.05, 0) is 19.9 Å². The van der Waals surface area contributed by atoms with Crippen LogP contribution in [0.3, 0.4) is 0 Å². The Kier molecular flexibility index (Phi) is 7.32. The summed E-state index contributed by atoms with van der Waals surface area (Å²) in [5, 5.41) is 13.9. The fraction of sp³-hybridized carbons (Fsp3) is 0.846. The Morgan fingerprint density at radius 1 is 1.40 bits per heavy atom. The summed E-state index contributed by atoms with van der Waals surface area (Å²) >= 11 is 0. The van der Waals surface area contributed by atoms with E-state index in [2.05, 4.69) is 22.6 Å². The molecule has 1 atom stereocenters. The molecule has 1 saturated carbocycles. The van der Waals surface area contributed by atoms with Crippen LogP contribution >= 0.6 is 0 Å². The SMILES string of the molecule is COCC(NC(=O)NCCN(C)C1CCCC1)C(=O)O. The van der Waals surface area contributed by atoms with E-state index >= 15 is 0 Å². The fourth-order valence-corrected chi connectivity index (χ4v) is 2.42. The monoisotopic (exact) mass is 287 g/mol. The molecule has 116 valence electrons. The van der Waals surface area contributed by atoms with E-state index in [4.69, 9.17) is 9.84 Å². The van der Waals surface area contributed by atoms with Crippen LogP contribution in [-0.4, -0.2) is 67.9 Å². The van der Waals surface area contributed by atoms with Gasteiger partial charge in [-0.15, -0.1) is 0 Å². The van der Waals surface area contributed by atoms with Gasteiger partial charge < -0.3 is 25.4 Å². The van der Waals surface area contributed by atoms with Crippen molar-refractivity contribution in [2.24, 2.45) is 0 Å². The molecule has 1 aliphatic rings. The first-order valence-electron chi connectivity index (χ1n) is 7.01. The van der Waals surface area contributed by atoms with Gasteiger partial charge >= 0.3 is 12.0 Å². The molecular weight excluding hydrogens is 262 g/mol. The zero-order valence-electron chi connectivity index (χ0n) is 12.2. The number of carbonyl (C=O) groups excluding carboxylic acids is 1. The fourth-order valence-electron chi connectivity index (χ4n) is 2.42. The third-order valence-corrected chi connectivity index (χ3v) is 3.63. The molecule has 0 aromatic heterocycles. The molecule has 0 radical (unpaired) electrons. The molecule has 2 amide bonds. The van der Waals surface area contributed by atoms with Gasteiger partial charge in [0.1, 0.15) is 0 Å². The van der Waals surface area contributed by atoms with Gasteiger partial charge in [0.15, 0.2) is 6.04 Å². The van der Waals surface area contributed by atoms with Gasteiger partial charge in [0.05, 0.1) is 6.61 Å². The number of carbonyl (C=O) groups is 2. The molecule has 0 aromatic carbocycles. The van der Waals surface area contributed by atoms with Crippen LogP contribution in [0.2, 0.25) is 0 Å². The molecular formula is C13H25N3O4. The molecule has 0 bridgehead atoms. The first-order valence-corrected chi connectivity index (χ1v) is 7.01. The van der Waals surface area contributed by atoms with E-state index in [9.17, 15) is 9.59 Å². The van der Waals surface area contributed by atoms with E-state index in [0.717, 1.165) is 6.54 Å². The minimum Gasteiger partial charge on any atom is -0.480 e. The van der Waals surface area contributed by atoms with Crippen LogP contribution in [-0.2, 0) is 9.53 Å². The number of urea groups is 1. The topological polar surface area (TPSA) is 90.9 Å². The Morgan fingerprint density at radius 3 is 2.60 bits per heavy atom. The van der Waals surface area contributed by atoms with Crippen LogP contribution in [0.1, 0.15) is 25.7 Å². The molecule has 0 aromatic rings. The van der Waals surface area contributed by atoms with Crippen LogP contribution in [0.4, 0.5) is 4.79 Å². The number of ether oxygens (including phenoxy) is 1. The van der Waals surface area contributed by atoms with E-state index in [1.165, 1.54) is 32.8 Å². The number of aliphatic carboxylic acids is 1. The smallest absolute Gasteiger partial charge is 0.328 e. The maximum atomic E-state index is 11.6. The summed E-state index contributed by atoms with van der Waals surface area (Å²) in [6.07, 6.45) is 5.00. The van der Waals surface area contributed by atoms with Gasteiger partial charge in [0.2, 0.25) is 0 Å². The molecule has 1 rings (SSSR count). The molecule has 3 N–H and O–H groups in total. The second kappa shape index (κ2) is 8.76. The molecule has 0 saturated heterocycles. The van der Waals surface area contributed by atoms with Crippen molar-refractivity contribution >= 4 is 12.0 Å². The number of nitrogens with one attached hydrogen (secondary N) is 2. The predicted octanol–water partition coefficient (Wildman–Crippen LogP) is 0.260. The van der Waals surface area contributed by atoms with Crippen LogP contribution < -0.4 is 10.6 Å². The highest BCUT2D eigenvalue weighted by molar-refractivity contribution is 5.82. The largest absolute Gasteiger partial charge is 0.480 e. The molecule has 1 fully saturated rings. The Hall–Kier alpha value is -1.34. The Labute approximate surface area is 119 Å². The van der Waals surface area contributed by atoms with Gasteiger partial charge in [0, 0.05) is 26.2 Å². The van der Waals surface area contributed by atoms with Gasteiger partial charge in [-0.3, -0.25) is 0 Å². The molecule has 0 aliphatic heterocycles. The lowest BCUT2D eigenvalue weighted by Gasteiger charge is -2.24. The number of carboxylic acids is 1. The number of amides is 2. The van der Waals surface area contributed by atoms with Crippen LogP contribution in [0, 0.1) is 0 Å². The number of rotatable bonds is 8. The standard InChI is InChI=1S/C13H25N3O4/c1-16(10-5-3-4-6-10)8-7-14-13(19)15-11(9-20-2)12(17)18/h10-11H,3-9H2,1-2H3,(H,17,18)(H2,14,15,19).